The van der Waals surface area contributed by atoms with Crippen LogP contribution in [0, 0.1) is 0 Å². The first-order valence-electron chi connectivity index (χ1n) is 5.89. The minimum atomic E-state index is -0.443. The van der Waals surface area contributed by atoms with Crippen molar-refractivity contribution in [2.45, 2.75) is 52.7 Å². The van der Waals surface area contributed by atoms with Crippen LogP contribution in [0.3, 0.4) is 0 Å². The summed E-state index contributed by atoms with van der Waals surface area (Å²) in [6, 6.07) is -0.254. The number of rotatable bonds is 6. The maximum Gasteiger partial charge on any atom is 0.323 e. The molecule has 0 heterocycles. The summed E-state index contributed by atoms with van der Waals surface area (Å²) in [6.45, 7) is 11.1. The molecule has 1 N–H and O–H groups in total. The molecule has 0 aromatic heterocycles. The fourth-order valence-electron chi connectivity index (χ4n) is 1.44. The van der Waals surface area contributed by atoms with Gasteiger partial charge in [-0.25, -0.2) is 0 Å². The Bertz CT molecular complexity index is 211. The van der Waals surface area contributed by atoms with Crippen molar-refractivity contribution in [2.75, 3.05) is 19.7 Å². The third-order valence-electron chi connectivity index (χ3n) is 2.31. The summed E-state index contributed by atoms with van der Waals surface area (Å²) in [7, 11) is 0. The molecule has 0 aliphatic rings. The van der Waals surface area contributed by atoms with Crippen molar-refractivity contribution in [1.29, 1.82) is 0 Å². The maximum absolute atomic E-state index is 11.8. The fourth-order valence-corrected chi connectivity index (χ4v) is 1.44. The van der Waals surface area contributed by atoms with E-state index < -0.39 is 5.60 Å². The van der Waals surface area contributed by atoms with Crippen molar-refractivity contribution in [1.82, 2.24) is 4.90 Å². The van der Waals surface area contributed by atoms with Crippen molar-refractivity contribution in [3.05, 3.63) is 0 Å². The molecule has 4 nitrogen and oxygen atoms in total. The molecule has 0 fully saturated rings. The molecule has 0 amide bonds. The lowest BCUT2D eigenvalue weighted by Gasteiger charge is -2.29. The standard InChI is InChI=1S/C12H25NO3/c1-6-13(8-7-9-14)10(2)11(15)16-12(3,4)5/h10,14H,6-9H2,1-5H3. The molecule has 0 radical (unpaired) electrons. The van der Waals surface area contributed by atoms with Gasteiger partial charge in [0.25, 0.3) is 0 Å². The van der Waals surface area contributed by atoms with Gasteiger partial charge in [0.1, 0.15) is 11.6 Å². The average Bonchev–Trinajstić information content (AvgIpc) is 2.16. The molecule has 96 valence electrons. The first-order valence-corrected chi connectivity index (χ1v) is 5.89. The van der Waals surface area contributed by atoms with Crippen molar-refractivity contribution < 1.29 is 14.6 Å². The highest BCUT2D eigenvalue weighted by atomic mass is 16.6. The Labute approximate surface area is 98.6 Å². The van der Waals surface area contributed by atoms with Gasteiger partial charge in [0, 0.05) is 13.2 Å². The van der Waals surface area contributed by atoms with E-state index in [4.69, 9.17) is 9.84 Å². The zero-order valence-electron chi connectivity index (χ0n) is 11.1. The van der Waals surface area contributed by atoms with E-state index >= 15 is 0 Å². The summed E-state index contributed by atoms with van der Waals surface area (Å²) >= 11 is 0. The Hall–Kier alpha value is -0.610. The van der Waals surface area contributed by atoms with E-state index in [-0.39, 0.29) is 18.6 Å². The Morgan fingerprint density at radius 2 is 2.00 bits per heavy atom. The zero-order valence-corrected chi connectivity index (χ0v) is 11.1. The van der Waals surface area contributed by atoms with Crippen molar-refractivity contribution >= 4 is 5.97 Å². The number of nitrogens with zero attached hydrogens (tertiary/aromatic N) is 1. The molecule has 4 heteroatoms. The lowest BCUT2D eigenvalue weighted by atomic mass is 10.2. The van der Waals surface area contributed by atoms with Gasteiger partial charge in [0.15, 0.2) is 0 Å². The van der Waals surface area contributed by atoms with E-state index in [1.54, 1.807) is 0 Å². The van der Waals surface area contributed by atoms with E-state index in [2.05, 4.69) is 0 Å². The number of hydrogen-bond acceptors (Lipinski definition) is 4. The van der Waals surface area contributed by atoms with E-state index in [1.165, 1.54) is 0 Å². The van der Waals surface area contributed by atoms with Gasteiger partial charge in [-0.1, -0.05) is 6.92 Å². The van der Waals surface area contributed by atoms with E-state index in [0.29, 0.717) is 13.0 Å². The van der Waals surface area contributed by atoms with Crippen LogP contribution in [0.5, 0.6) is 0 Å². The minimum absolute atomic E-state index is 0.150. The van der Waals surface area contributed by atoms with Gasteiger partial charge >= 0.3 is 5.97 Å². The SMILES string of the molecule is CCN(CCCO)C(C)C(=O)OC(C)(C)C. The molecule has 0 spiro atoms. The summed E-state index contributed by atoms with van der Waals surface area (Å²) in [5, 5.41) is 8.77. The molecular weight excluding hydrogens is 206 g/mol. The van der Waals surface area contributed by atoms with Gasteiger partial charge in [0.05, 0.1) is 0 Å². The van der Waals surface area contributed by atoms with Crippen LogP contribution in [0.4, 0.5) is 0 Å². The second kappa shape index (κ2) is 6.86. The Morgan fingerprint density at radius 3 is 2.38 bits per heavy atom. The summed E-state index contributed by atoms with van der Waals surface area (Å²) in [6.07, 6.45) is 0.682. The summed E-state index contributed by atoms with van der Waals surface area (Å²) < 4.78 is 5.32. The van der Waals surface area contributed by atoms with Crippen molar-refractivity contribution in [3.8, 4) is 0 Å². The normalized spacial score (nSPS) is 13.9. The van der Waals surface area contributed by atoms with Crippen LogP contribution in [0.15, 0.2) is 0 Å². The number of aliphatic hydroxyl groups excluding tert-OH is 1. The van der Waals surface area contributed by atoms with Gasteiger partial charge in [0.2, 0.25) is 0 Å². The Morgan fingerprint density at radius 1 is 1.44 bits per heavy atom. The highest BCUT2D eigenvalue weighted by molar-refractivity contribution is 5.75. The van der Waals surface area contributed by atoms with Crippen LogP contribution < -0.4 is 0 Å². The van der Waals surface area contributed by atoms with Crippen LogP contribution >= 0.6 is 0 Å². The Balaban J connectivity index is 4.27. The molecule has 1 atom stereocenters. The molecule has 0 saturated carbocycles. The molecule has 0 aliphatic heterocycles. The highest BCUT2D eigenvalue weighted by Crippen LogP contribution is 2.11. The van der Waals surface area contributed by atoms with E-state index in [0.717, 1.165) is 6.54 Å². The highest BCUT2D eigenvalue weighted by Gasteiger charge is 2.25. The summed E-state index contributed by atoms with van der Waals surface area (Å²) in [5.41, 5.74) is -0.443. The van der Waals surface area contributed by atoms with Gasteiger partial charge in [-0.3, -0.25) is 9.69 Å². The molecule has 1 unspecified atom stereocenters. The lowest BCUT2D eigenvalue weighted by Crippen LogP contribution is -2.43. The molecule has 16 heavy (non-hydrogen) atoms. The first-order chi connectivity index (χ1) is 7.31. The fraction of sp³-hybridized carbons (Fsp3) is 0.917. The number of esters is 1. The topological polar surface area (TPSA) is 49.8 Å². The van der Waals surface area contributed by atoms with Gasteiger partial charge in [-0.05, 0) is 40.7 Å². The number of hydrogen-bond donors (Lipinski definition) is 1. The number of carbonyl (C=O) groups excluding carboxylic acids is 1. The second-order valence-electron chi connectivity index (χ2n) is 4.92. The lowest BCUT2D eigenvalue weighted by molar-refractivity contribution is -0.160. The van der Waals surface area contributed by atoms with E-state index in [9.17, 15) is 4.79 Å². The second-order valence-corrected chi connectivity index (χ2v) is 4.92. The monoisotopic (exact) mass is 231 g/mol. The maximum atomic E-state index is 11.8. The van der Waals surface area contributed by atoms with Crippen LogP contribution in [-0.4, -0.2) is 47.3 Å². The van der Waals surface area contributed by atoms with Gasteiger partial charge in [-0.2, -0.15) is 0 Å². The predicted octanol–water partition coefficient (Wildman–Crippen LogP) is 1.42. The molecule has 0 bridgehead atoms. The summed E-state index contributed by atoms with van der Waals surface area (Å²) in [5.74, 6) is -0.202. The number of aliphatic hydroxyl groups is 1. The van der Waals surface area contributed by atoms with Crippen LogP contribution in [0.2, 0.25) is 0 Å². The number of likely N-dealkylation sites (N-methyl/N-ethyl adjacent to an activating group) is 1. The number of carbonyl (C=O) groups is 1. The van der Waals surface area contributed by atoms with Crippen molar-refractivity contribution in [2.24, 2.45) is 0 Å². The molecular formula is C12H25NO3. The molecule has 0 rings (SSSR count). The van der Waals surface area contributed by atoms with Crippen LogP contribution in [0.25, 0.3) is 0 Å². The molecule has 0 aromatic rings. The molecule has 0 saturated heterocycles. The van der Waals surface area contributed by atoms with Crippen LogP contribution in [0.1, 0.15) is 41.0 Å². The third kappa shape index (κ3) is 6.08. The van der Waals surface area contributed by atoms with Crippen LogP contribution in [-0.2, 0) is 9.53 Å². The largest absolute Gasteiger partial charge is 0.459 e. The van der Waals surface area contributed by atoms with Gasteiger partial charge in [-0.15, -0.1) is 0 Å². The third-order valence-corrected chi connectivity index (χ3v) is 2.31. The van der Waals surface area contributed by atoms with E-state index in [1.807, 2.05) is 39.5 Å². The van der Waals surface area contributed by atoms with Gasteiger partial charge < -0.3 is 9.84 Å². The summed E-state index contributed by atoms with van der Waals surface area (Å²) in [4.78, 5) is 13.8. The minimum Gasteiger partial charge on any atom is -0.459 e. The van der Waals surface area contributed by atoms with Crippen molar-refractivity contribution in [3.63, 3.8) is 0 Å². The number of ether oxygens (including phenoxy) is 1. The first kappa shape index (κ1) is 15.4. The smallest absolute Gasteiger partial charge is 0.323 e. The average molecular weight is 231 g/mol. The molecule has 0 aromatic carbocycles. The molecule has 0 aliphatic carbocycles. The zero-order chi connectivity index (χ0) is 12.8. The quantitative estimate of drug-likeness (QED) is 0.702. The predicted molar refractivity (Wildman–Crippen MR) is 64.3 cm³/mol. The Kier molecular flexibility index (Phi) is 6.60.